The van der Waals surface area contributed by atoms with Gasteiger partial charge in [-0.3, -0.25) is 0 Å². The van der Waals surface area contributed by atoms with Crippen LogP contribution in [0, 0.1) is 0 Å². The van der Waals surface area contributed by atoms with Crippen molar-refractivity contribution < 1.29 is 0 Å². The number of benzene rings is 1. The number of para-hydroxylation sites is 1. The van der Waals surface area contributed by atoms with Crippen LogP contribution in [0.4, 0.5) is 5.82 Å². The summed E-state index contributed by atoms with van der Waals surface area (Å²) in [5.41, 5.74) is 7.97. The van der Waals surface area contributed by atoms with Gasteiger partial charge in [0.15, 0.2) is 11.6 Å². The first-order chi connectivity index (χ1) is 10.2. The SMILES string of the molecule is CCCc1nc(-c2cnn(-c3ccccc3)c2N)n(C)n1. The molecule has 0 atom stereocenters. The predicted molar refractivity (Wildman–Crippen MR) is 82.0 cm³/mol. The average Bonchev–Trinajstić information content (AvgIpc) is 3.03. The molecule has 2 aromatic heterocycles. The smallest absolute Gasteiger partial charge is 0.163 e. The Labute approximate surface area is 123 Å². The van der Waals surface area contributed by atoms with E-state index in [0.29, 0.717) is 5.82 Å². The topological polar surface area (TPSA) is 74.6 Å². The monoisotopic (exact) mass is 282 g/mol. The zero-order valence-corrected chi connectivity index (χ0v) is 12.2. The number of hydrogen-bond donors (Lipinski definition) is 1. The van der Waals surface area contributed by atoms with E-state index in [9.17, 15) is 0 Å². The van der Waals surface area contributed by atoms with Gasteiger partial charge in [-0.25, -0.2) is 14.3 Å². The molecule has 3 aromatic rings. The van der Waals surface area contributed by atoms with Crippen LogP contribution in [0.3, 0.4) is 0 Å². The second-order valence-corrected chi connectivity index (χ2v) is 4.92. The third kappa shape index (κ3) is 2.40. The van der Waals surface area contributed by atoms with E-state index in [-0.39, 0.29) is 0 Å². The van der Waals surface area contributed by atoms with E-state index < -0.39 is 0 Å². The van der Waals surface area contributed by atoms with Gasteiger partial charge in [0.05, 0.1) is 17.4 Å². The van der Waals surface area contributed by atoms with E-state index in [4.69, 9.17) is 5.73 Å². The molecule has 0 unspecified atom stereocenters. The van der Waals surface area contributed by atoms with Crippen LogP contribution in [0.5, 0.6) is 0 Å². The van der Waals surface area contributed by atoms with Gasteiger partial charge in [-0.2, -0.15) is 10.2 Å². The minimum Gasteiger partial charge on any atom is -0.383 e. The number of rotatable bonds is 4. The summed E-state index contributed by atoms with van der Waals surface area (Å²) in [6.45, 7) is 2.11. The largest absolute Gasteiger partial charge is 0.383 e. The Hall–Kier alpha value is -2.63. The summed E-state index contributed by atoms with van der Waals surface area (Å²) in [4.78, 5) is 4.56. The summed E-state index contributed by atoms with van der Waals surface area (Å²) < 4.78 is 3.47. The average molecular weight is 282 g/mol. The molecule has 0 saturated carbocycles. The second kappa shape index (κ2) is 5.40. The van der Waals surface area contributed by atoms with E-state index in [1.807, 2.05) is 37.4 Å². The molecule has 0 amide bonds. The summed E-state index contributed by atoms with van der Waals surface area (Å²) >= 11 is 0. The molecule has 0 aliphatic heterocycles. The lowest BCUT2D eigenvalue weighted by Gasteiger charge is -2.04. The molecule has 0 aliphatic carbocycles. The third-order valence-electron chi connectivity index (χ3n) is 3.33. The molecule has 2 heterocycles. The highest BCUT2D eigenvalue weighted by Gasteiger charge is 2.16. The molecule has 0 radical (unpaired) electrons. The molecule has 0 aliphatic rings. The summed E-state index contributed by atoms with van der Waals surface area (Å²) in [7, 11) is 1.88. The minimum absolute atomic E-state index is 0.569. The Kier molecular flexibility index (Phi) is 3.43. The fourth-order valence-corrected chi connectivity index (χ4v) is 2.31. The number of nitrogen functional groups attached to an aromatic ring is 1. The van der Waals surface area contributed by atoms with E-state index in [1.54, 1.807) is 15.6 Å². The van der Waals surface area contributed by atoms with Crippen LogP contribution in [0.15, 0.2) is 36.5 Å². The molecule has 3 rings (SSSR count). The first-order valence-electron chi connectivity index (χ1n) is 7.00. The molecule has 21 heavy (non-hydrogen) atoms. The van der Waals surface area contributed by atoms with E-state index in [1.165, 1.54) is 0 Å². The first-order valence-corrected chi connectivity index (χ1v) is 7.00. The maximum absolute atomic E-state index is 6.24. The molecule has 0 bridgehead atoms. The number of aryl methyl sites for hydroxylation is 2. The summed E-state index contributed by atoms with van der Waals surface area (Å²) in [6.07, 6.45) is 3.62. The van der Waals surface area contributed by atoms with Crippen LogP contribution in [-0.4, -0.2) is 24.5 Å². The lowest BCUT2D eigenvalue weighted by molar-refractivity contribution is 0.738. The van der Waals surface area contributed by atoms with Gasteiger partial charge in [-0.05, 0) is 18.6 Å². The van der Waals surface area contributed by atoms with Gasteiger partial charge in [-0.1, -0.05) is 25.1 Å². The van der Waals surface area contributed by atoms with Gasteiger partial charge in [0, 0.05) is 13.5 Å². The predicted octanol–water partition coefficient (Wildman–Crippen LogP) is 2.20. The standard InChI is InChI=1S/C15H18N6/c1-3-7-13-18-15(20(2)19-13)12-10-17-21(14(12)16)11-8-5-4-6-9-11/h4-6,8-10H,3,7,16H2,1-2H3. The van der Waals surface area contributed by atoms with Gasteiger partial charge in [0.2, 0.25) is 0 Å². The molecule has 6 heteroatoms. The number of aromatic nitrogens is 5. The molecular formula is C15H18N6. The molecule has 1 aromatic carbocycles. The van der Waals surface area contributed by atoms with E-state index in [2.05, 4.69) is 22.1 Å². The summed E-state index contributed by atoms with van der Waals surface area (Å²) in [6, 6.07) is 9.80. The van der Waals surface area contributed by atoms with Crippen LogP contribution < -0.4 is 5.73 Å². The van der Waals surface area contributed by atoms with Gasteiger partial charge >= 0.3 is 0 Å². The van der Waals surface area contributed by atoms with Crippen molar-refractivity contribution in [3.8, 4) is 17.1 Å². The number of nitrogens with zero attached hydrogens (tertiary/aromatic N) is 5. The zero-order valence-electron chi connectivity index (χ0n) is 12.2. The molecule has 2 N–H and O–H groups in total. The van der Waals surface area contributed by atoms with Crippen molar-refractivity contribution in [3.05, 3.63) is 42.4 Å². The molecule has 0 fully saturated rings. The van der Waals surface area contributed by atoms with Crippen LogP contribution in [0.2, 0.25) is 0 Å². The summed E-state index contributed by atoms with van der Waals surface area (Å²) in [5, 5.41) is 8.78. The highest BCUT2D eigenvalue weighted by atomic mass is 15.4. The fourth-order valence-electron chi connectivity index (χ4n) is 2.31. The number of nitrogens with two attached hydrogens (primary N) is 1. The van der Waals surface area contributed by atoms with Gasteiger partial charge in [-0.15, -0.1) is 0 Å². The highest BCUT2D eigenvalue weighted by molar-refractivity contribution is 5.69. The van der Waals surface area contributed by atoms with Crippen molar-refractivity contribution in [3.63, 3.8) is 0 Å². The lowest BCUT2D eigenvalue weighted by Crippen LogP contribution is -2.03. The highest BCUT2D eigenvalue weighted by Crippen LogP contribution is 2.26. The van der Waals surface area contributed by atoms with Crippen LogP contribution in [-0.2, 0) is 13.5 Å². The van der Waals surface area contributed by atoms with Gasteiger partial charge in [0.25, 0.3) is 0 Å². The van der Waals surface area contributed by atoms with Crippen LogP contribution >= 0.6 is 0 Å². The molecule has 0 saturated heterocycles. The summed E-state index contributed by atoms with van der Waals surface area (Å²) in [5.74, 6) is 2.15. The van der Waals surface area contributed by atoms with E-state index in [0.717, 1.165) is 35.7 Å². The van der Waals surface area contributed by atoms with Crippen molar-refractivity contribution in [1.29, 1.82) is 0 Å². The molecule has 6 nitrogen and oxygen atoms in total. The second-order valence-electron chi connectivity index (χ2n) is 4.92. The Balaban J connectivity index is 2.03. The first kappa shape index (κ1) is 13.4. The normalized spacial score (nSPS) is 11.0. The number of anilines is 1. The van der Waals surface area contributed by atoms with Crippen molar-refractivity contribution in [2.75, 3.05) is 5.73 Å². The zero-order chi connectivity index (χ0) is 14.8. The lowest BCUT2D eigenvalue weighted by atomic mass is 10.3. The Morgan fingerprint density at radius 2 is 1.95 bits per heavy atom. The maximum atomic E-state index is 6.24. The molecule has 0 spiro atoms. The maximum Gasteiger partial charge on any atom is 0.163 e. The molecular weight excluding hydrogens is 264 g/mol. The van der Waals surface area contributed by atoms with Gasteiger partial charge in [0.1, 0.15) is 5.82 Å². The van der Waals surface area contributed by atoms with E-state index >= 15 is 0 Å². The third-order valence-corrected chi connectivity index (χ3v) is 3.33. The Bertz CT molecular complexity index is 741. The Morgan fingerprint density at radius 3 is 2.67 bits per heavy atom. The Morgan fingerprint density at radius 1 is 1.19 bits per heavy atom. The quantitative estimate of drug-likeness (QED) is 0.796. The van der Waals surface area contributed by atoms with Crippen LogP contribution in [0.25, 0.3) is 17.1 Å². The van der Waals surface area contributed by atoms with Crippen LogP contribution in [0.1, 0.15) is 19.2 Å². The van der Waals surface area contributed by atoms with Crippen molar-refractivity contribution in [2.45, 2.75) is 19.8 Å². The van der Waals surface area contributed by atoms with Crippen molar-refractivity contribution in [1.82, 2.24) is 24.5 Å². The minimum atomic E-state index is 0.569. The van der Waals surface area contributed by atoms with Crippen molar-refractivity contribution in [2.24, 2.45) is 7.05 Å². The molecule has 108 valence electrons. The van der Waals surface area contributed by atoms with Gasteiger partial charge < -0.3 is 5.73 Å². The number of hydrogen-bond acceptors (Lipinski definition) is 4. The van der Waals surface area contributed by atoms with Crippen molar-refractivity contribution >= 4 is 5.82 Å². The fraction of sp³-hybridized carbons (Fsp3) is 0.267.